The maximum Gasteiger partial charge on any atom is 0.118 e. The van der Waals surface area contributed by atoms with Crippen LogP contribution in [0.3, 0.4) is 0 Å². The SMILES string of the molecule is COc1ccc(CC2CC(N)CN(c3ccc(C)c(C)c3)C2)cc1. The van der Waals surface area contributed by atoms with Gasteiger partial charge in [-0.05, 0) is 73.6 Å². The molecule has 2 aromatic carbocycles. The Morgan fingerprint density at radius 2 is 1.79 bits per heavy atom. The quantitative estimate of drug-likeness (QED) is 0.932. The molecule has 0 radical (unpaired) electrons. The van der Waals surface area contributed by atoms with Gasteiger partial charge in [-0.15, -0.1) is 0 Å². The highest BCUT2D eigenvalue weighted by Crippen LogP contribution is 2.27. The third-order valence-corrected chi connectivity index (χ3v) is 5.11. The second kappa shape index (κ2) is 7.27. The van der Waals surface area contributed by atoms with Gasteiger partial charge in [0.15, 0.2) is 0 Å². The molecule has 1 fully saturated rings. The van der Waals surface area contributed by atoms with E-state index in [4.69, 9.17) is 10.5 Å². The van der Waals surface area contributed by atoms with Gasteiger partial charge in [-0.1, -0.05) is 18.2 Å². The average molecular weight is 324 g/mol. The molecule has 3 heteroatoms. The molecule has 0 saturated carbocycles. The molecule has 2 N–H and O–H groups in total. The number of anilines is 1. The van der Waals surface area contributed by atoms with Gasteiger partial charge in [-0.25, -0.2) is 0 Å². The monoisotopic (exact) mass is 324 g/mol. The highest BCUT2D eigenvalue weighted by Gasteiger charge is 2.25. The van der Waals surface area contributed by atoms with Crippen molar-refractivity contribution in [1.29, 1.82) is 0 Å². The van der Waals surface area contributed by atoms with Crippen LogP contribution in [0.15, 0.2) is 42.5 Å². The van der Waals surface area contributed by atoms with Crippen LogP contribution in [0.5, 0.6) is 5.75 Å². The average Bonchev–Trinajstić information content (AvgIpc) is 2.57. The van der Waals surface area contributed by atoms with E-state index in [0.29, 0.717) is 5.92 Å². The van der Waals surface area contributed by atoms with Crippen LogP contribution in [-0.2, 0) is 6.42 Å². The third-order valence-electron chi connectivity index (χ3n) is 5.11. The summed E-state index contributed by atoms with van der Waals surface area (Å²) >= 11 is 0. The summed E-state index contributed by atoms with van der Waals surface area (Å²) < 4.78 is 5.24. The highest BCUT2D eigenvalue weighted by molar-refractivity contribution is 5.51. The van der Waals surface area contributed by atoms with E-state index in [1.54, 1.807) is 7.11 Å². The van der Waals surface area contributed by atoms with Crippen LogP contribution in [0.4, 0.5) is 5.69 Å². The number of methoxy groups -OCH3 is 1. The number of nitrogens with two attached hydrogens (primary N) is 1. The maximum atomic E-state index is 6.36. The lowest BCUT2D eigenvalue weighted by atomic mass is 9.88. The van der Waals surface area contributed by atoms with E-state index in [1.807, 2.05) is 12.1 Å². The molecule has 2 atom stereocenters. The summed E-state index contributed by atoms with van der Waals surface area (Å²) in [7, 11) is 1.70. The van der Waals surface area contributed by atoms with E-state index >= 15 is 0 Å². The summed E-state index contributed by atoms with van der Waals surface area (Å²) in [5.74, 6) is 1.50. The topological polar surface area (TPSA) is 38.5 Å². The Kier molecular flexibility index (Phi) is 5.10. The number of benzene rings is 2. The van der Waals surface area contributed by atoms with Gasteiger partial charge in [-0.2, -0.15) is 0 Å². The van der Waals surface area contributed by atoms with Crippen LogP contribution in [0.25, 0.3) is 0 Å². The Balaban J connectivity index is 1.71. The summed E-state index contributed by atoms with van der Waals surface area (Å²) in [5.41, 5.74) is 11.7. The number of rotatable bonds is 4. The summed E-state index contributed by atoms with van der Waals surface area (Å²) in [6.07, 6.45) is 2.16. The van der Waals surface area contributed by atoms with Crippen molar-refractivity contribution in [1.82, 2.24) is 0 Å². The molecule has 0 aromatic heterocycles. The number of piperidine rings is 1. The summed E-state index contributed by atoms with van der Waals surface area (Å²) in [6, 6.07) is 15.4. The molecule has 0 bridgehead atoms. The molecule has 1 aliphatic rings. The van der Waals surface area contributed by atoms with Crippen LogP contribution in [-0.4, -0.2) is 26.2 Å². The van der Waals surface area contributed by atoms with Gasteiger partial charge in [0.25, 0.3) is 0 Å². The molecular formula is C21H28N2O. The van der Waals surface area contributed by atoms with Gasteiger partial charge in [-0.3, -0.25) is 0 Å². The molecule has 1 heterocycles. The van der Waals surface area contributed by atoms with Crippen LogP contribution in [0.1, 0.15) is 23.1 Å². The fourth-order valence-corrected chi connectivity index (χ4v) is 3.62. The van der Waals surface area contributed by atoms with Crippen molar-refractivity contribution in [2.24, 2.45) is 11.7 Å². The standard InChI is InChI=1S/C21H28N2O/c1-15-4-7-20(10-16(15)2)23-13-18(12-19(22)14-23)11-17-5-8-21(24-3)9-6-17/h4-10,18-19H,11-14,22H2,1-3H3. The third kappa shape index (κ3) is 3.90. The molecule has 3 nitrogen and oxygen atoms in total. The molecule has 1 aliphatic heterocycles. The van der Waals surface area contributed by atoms with Gasteiger partial charge in [0.1, 0.15) is 5.75 Å². The first-order valence-corrected chi connectivity index (χ1v) is 8.76. The lowest BCUT2D eigenvalue weighted by molar-refractivity contribution is 0.374. The number of hydrogen-bond donors (Lipinski definition) is 1. The van der Waals surface area contributed by atoms with E-state index in [2.05, 4.69) is 49.1 Å². The molecule has 24 heavy (non-hydrogen) atoms. The molecule has 1 saturated heterocycles. The molecule has 0 spiro atoms. The van der Waals surface area contributed by atoms with Crippen molar-refractivity contribution in [3.63, 3.8) is 0 Å². The maximum absolute atomic E-state index is 6.36. The van der Waals surface area contributed by atoms with Gasteiger partial charge in [0.2, 0.25) is 0 Å². The number of nitrogens with zero attached hydrogens (tertiary/aromatic N) is 1. The van der Waals surface area contributed by atoms with Gasteiger partial charge >= 0.3 is 0 Å². The summed E-state index contributed by atoms with van der Waals surface area (Å²) in [6.45, 7) is 6.36. The molecule has 0 amide bonds. The van der Waals surface area contributed by atoms with Crippen molar-refractivity contribution < 1.29 is 4.74 Å². The van der Waals surface area contributed by atoms with Crippen LogP contribution in [0.2, 0.25) is 0 Å². The van der Waals surface area contributed by atoms with Crippen molar-refractivity contribution in [3.05, 3.63) is 59.2 Å². The van der Waals surface area contributed by atoms with E-state index < -0.39 is 0 Å². The number of aryl methyl sites for hydroxylation is 2. The van der Waals surface area contributed by atoms with E-state index in [0.717, 1.165) is 31.7 Å². The van der Waals surface area contributed by atoms with Gasteiger partial charge in [0, 0.05) is 24.8 Å². The Bertz CT molecular complexity index is 681. The van der Waals surface area contributed by atoms with Crippen molar-refractivity contribution in [2.75, 3.05) is 25.1 Å². The number of ether oxygens (including phenoxy) is 1. The zero-order chi connectivity index (χ0) is 17.1. The minimum absolute atomic E-state index is 0.239. The first-order valence-electron chi connectivity index (χ1n) is 8.76. The van der Waals surface area contributed by atoms with E-state index in [1.165, 1.54) is 22.4 Å². The predicted octanol–water partition coefficient (Wildman–Crippen LogP) is 3.71. The normalized spacial score (nSPS) is 20.9. The first-order chi connectivity index (χ1) is 11.5. The second-order valence-corrected chi connectivity index (χ2v) is 7.09. The van der Waals surface area contributed by atoms with E-state index in [-0.39, 0.29) is 6.04 Å². The molecule has 128 valence electrons. The van der Waals surface area contributed by atoms with Gasteiger partial charge < -0.3 is 15.4 Å². The minimum atomic E-state index is 0.239. The summed E-state index contributed by atoms with van der Waals surface area (Å²) in [5, 5.41) is 0. The van der Waals surface area contributed by atoms with Crippen molar-refractivity contribution >= 4 is 5.69 Å². The molecule has 2 unspecified atom stereocenters. The Hall–Kier alpha value is -2.00. The zero-order valence-electron chi connectivity index (χ0n) is 15.0. The smallest absolute Gasteiger partial charge is 0.118 e. The van der Waals surface area contributed by atoms with Crippen LogP contribution in [0, 0.1) is 19.8 Å². The molecule has 2 aromatic rings. The lowest BCUT2D eigenvalue weighted by Crippen LogP contribution is -2.47. The van der Waals surface area contributed by atoms with Crippen molar-refractivity contribution in [2.45, 2.75) is 32.7 Å². The molecule has 3 rings (SSSR count). The van der Waals surface area contributed by atoms with E-state index in [9.17, 15) is 0 Å². The Morgan fingerprint density at radius 1 is 1.04 bits per heavy atom. The Morgan fingerprint density at radius 3 is 2.46 bits per heavy atom. The van der Waals surface area contributed by atoms with Gasteiger partial charge in [0.05, 0.1) is 7.11 Å². The molecule has 0 aliphatic carbocycles. The minimum Gasteiger partial charge on any atom is -0.497 e. The predicted molar refractivity (Wildman–Crippen MR) is 101 cm³/mol. The fourth-order valence-electron chi connectivity index (χ4n) is 3.62. The first kappa shape index (κ1) is 16.8. The zero-order valence-corrected chi connectivity index (χ0v) is 15.0. The second-order valence-electron chi connectivity index (χ2n) is 7.09. The lowest BCUT2D eigenvalue weighted by Gasteiger charge is -2.38. The largest absolute Gasteiger partial charge is 0.497 e. The van der Waals surface area contributed by atoms with Crippen molar-refractivity contribution in [3.8, 4) is 5.75 Å². The Labute approximate surface area is 145 Å². The highest BCUT2D eigenvalue weighted by atomic mass is 16.5. The molecular weight excluding hydrogens is 296 g/mol. The number of hydrogen-bond acceptors (Lipinski definition) is 3. The van der Waals surface area contributed by atoms with Crippen LogP contribution < -0.4 is 15.4 Å². The fraction of sp³-hybridized carbons (Fsp3) is 0.429. The summed E-state index contributed by atoms with van der Waals surface area (Å²) in [4.78, 5) is 2.45. The van der Waals surface area contributed by atoms with Crippen LogP contribution >= 0.6 is 0 Å².